The number of aryl methyl sites for hydroxylation is 2. The van der Waals surface area contributed by atoms with Crippen LogP contribution in [0.2, 0.25) is 0 Å². The van der Waals surface area contributed by atoms with Crippen molar-refractivity contribution in [2.45, 2.75) is 45.7 Å². The Morgan fingerprint density at radius 2 is 2.00 bits per heavy atom. The number of rotatable bonds is 6. The highest BCUT2D eigenvalue weighted by Crippen LogP contribution is 2.27. The third-order valence-corrected chi connectivity index (χ3v) is 4.75. The molecule has 1 amide bonds. The zero-order chi connectivity index (χ0) is 18.3. The van der Waals surface area contributed by atoms with E-state index in [1.807, 2.05) is 4.90 Å². The standard InChI is InChI=1S/C17H25N5O3/c1-11(2)7-8-21(12-5-6-12)13(23)9-22-16(24)14-15(18-10-19(14)3)20(4)17(22)25/h10-12H,5-9H2,1-4H3. The summed E-state index contributed by atoms with van der Waals surface area (Å²) in [6.07, 6.45) is 4.40. The van der Waals surface area contributed by atoms with Crippen molar-refractivity contribution >= 4 is 17.1 Å². The Morgan fingerprint density at radius 3 is 2.60 bits per heavy atom. The normalized spacial score (nSPS) is 14.4. The molecule has 0 saturated heterocycles. The van der Waals surface area contributed by atoms with Crippen molar-refractivity contribution in [1.82, 2.24) is 23.6 Å². The Kier molecular flexibility index (Phi) is 4.53. The average Bonchev–Trinajstić information content (AvgIpc) is 3.31. The van der Waals surface area contributed by atoms with E-state index in [0.717, 1.165) is 23.8 Å². The molecule has 3 rings (SSSR count). The summed E-state index contributed by atoms with van der Waals surface area (Å²) < 4.78 is 3.92. The molecule has 2 aromatic rings. The zero-order valence-corrected chi connectivity index (χ0v) is 15.2. The Bertz CT molecular complexity index is 917. The fourth-order valence-electron chi connectivity index (χ4n) is 3.06. The molecule has 1 aliphatic carbocycles. The lowest BCUT2D eigenvalue weighted by Gasteiger charge is -2.23. The van der Waals surface area contributed by atoms with Crippen LogP contribution < -0.4 is 11.2 Å². The van der Waals surface area contributed by atoms with E-state index >= 15 is 0 Å². The van der Waals surface area contributed by atoms with Crippen molar-refractivity contribution in [2.75, 3.05) is 6.54 Å². The van der Waals surface area contributed by atoms with E-state index in [1.165, 1.54) is 10.9 Å². The second kappa shape index (κ2) is 6.50. The maximum atomic E-state index is 12.8. The second-order valence-corrected chi connectivity index (χ2v) is 7.26. The fraction of sp³-hybridized carbons (Fsp3) is 0.647. The molecule has 8 nitrogen and oxygen atoms in total. The number of carbonyl (C=O) groups excluding carboxylic acids is 1. The van der Waals surface area contributed by atoms with Gasteiger partial charge in [0.1, 0.15) is 6.54 Å². The van der Waals surface area contributed by atoms with E-state index in [-0.39, 0.29) is 18.5 Å². The number of imidazole rings is 1. The van der Waals surface area contributed by atoms with Gasteiger partial charge in [0.25, 0.3) is 5.56 Å². The van der Waals surface area contributed by atoms with Gasteiger partial charge in [-0.3, -0.25) is 14.2 Å². The Labute approximate surface area is 145 Å². The van der Waals surface area contributed by atoms with Crippen LogP contribution in [0.3, 0.4) is 0 Å². The minimum atomic E-state index is -0.510. The van der Waals surface area contributed by atoms with E-state index in [4.69, 9.17) is 0 Å². The summed E-state index contributed by atoms with van der Waals surface area (Å²) in [6, 6.07) is 0.256. The molecule has 0 N–H and O–H groups in total. The first-order chi connectivity index (χ1) is 11.8. The molecule has 1 saturated carbocycles. The average molecular weight is 347 g/mol. The van der Waals surface area contributed by atoms with Crippen LogP contribution in [0.25, 0.3) is 11.2 Å². The highest BCUT2D eigenvalue weighted by Gasteiger charge is 2.32. The van der Waals surface area contributed by atoms with Crippen LogP contribution in [0.5, 0.6) is 0 Å². The van der Waals surface area contributed by atoms with Gasteiger partial charge in [-0.2, -0.15) is 0 Å². The molecule has 0 aliphatic heterocycles. The van der Waals surface area contributed by atoms with Crippen LogP contribution in [-0.4, -0.2) is 42.1 Å². The topological polar surface area (TPSA) is 82.1 Å². The number of carbonyl (C=O) groups is 1. The monoisotopic (exact) mass is 347 g/mol. The zero-order valence-electron chi connectivity index (χ0n) is 15.2. The van der Waals surface area contributed by atoms with Gasteiger partial charge in [0.05, 0.1) is 6.33 Å². The molecule has 136 valence electrons. The van der Waals surface area contributed by atoms with Crippen LogP contribution >= 0.6 is 0 Å². The SMILES string of the molecule is CC(C)CCN(C(=O)Cn1c(=O)c2c(ncn2C)n(C)c1=O)C1CC1. The number of aromatic nitrogens is 4. The highest BCUT2D eigenvalue weighted by atomic mass is 16.2. The van der Waals surface area contributed by atoms with E-state index in [9.17, 15) is 14.4 Å². The molecular formula is C17H25N5O3. The van der Waals surface area contributed by atoms with Gasteiger partial charge in [0.15, 0.2) is 11.2 Å². The van der Waals surface area contributed by atoms with Gasteiger partial charge in [0, 0.05) is 26.7 Å². The third kappa shape index (κ3) is 3.25. The van der Waals surface area contributed by atoms with Crippen molar-refractivity contribution in [3.8, 4) is 0 Å². The smallest absolute Gasteiger partial charge is 0.332 e. The number of nitrogens with zero attached hydrogens (tertiary/aromatic N) is 5. The molecule has 8 heteroatoms. The Hall–Kier alpha value is -2.38. The minimum absolute atomic E-state index is 0.163. The van der Waals surface area contributed by atoms with Gasteiger partial charge in [-0.25, -0.2) is 14.3 Å². The summed E-state index contributed by atoms with van der Waals surface area (Å²) in [5.74, 6) is 0.333. The summed E-state index contributed by atoms with van der Waals surface area (Å²) in [6.45, 7) is 4.68. The van der Waals surface area contributed by atoms with Crippen LogP contribution in [0.15, 0.2) is 15.9 Å². The molecule has 0 bridgehead atoms. The molecule has 0 aromatic carbocycles. The number of fused-ring (bicyclic) bond motifs is 1. The molecule has 0 radical (unpaired) electrons. The Morgan fingerprint density at radius 1 is 1.32 bits per heavy atom. The maximum absolute atomic E-state index is 12.8. The van der Waals surface area contributed by atoms with E-state index in [0.29, 0.717) is 23.6 Å². The third-order valence-electron chi connectivity index (χ3n) is 4.75. The van der Waals surface area contributed by atoms with Crippen molar-refractivity contribution < 1.29 is 4.79 Å². The molecule has 0 atom stereocenters. The predicted octanol–water partition coefficient (Wildman–Crippen LogP) is 0.471. The van der Waals surface area contributed by atoms with E-state index in [1.54, 1.807) is 18.7 Å². The highest BCUT2D eigenvalue weighted by molar-refractivity contribution is 5.77. The van der Waals surface area contributed by atoms with Crippen LogP contribution in [0.4, 0.5) is 0 Å². The number of hydrogen-bond donors (Lipinski definition) is 0. The number of amides is 1. The molecule has 2 heterocycles. The van der Waals surface area contributed by atoms with Crippen LogP contribution in [0.1, 0.15) is 33.1 Å². The first-order valence-electron chi connectivity index (χ1n) is 8.71. The summed E-state index contributed by atoms with van der Waals surface area (Å²) >= 11 is 0. The van der Waals surface area contributed by atoms with Gasteiger partial charge in [0.2, 0.25) is 5.91 Å². The second-order valence-electron chi connectivity index (χ2n) is 7.26. The predicted molar refractivity (Wildman–Crippen MR) is 94.4 cm³/mol. The van der Waals surface area contributed by atoms with E-state index in [2.05, 4.69) is 18.8 Å². The lowest BCUT2D eigenvalue weighted by atomic mass is 10.1. The van der Waals surface area contributed by atoms with Gasteiger partial charge in [-0.05, 0) is 25.2 Å². The minimum Gasteiger partial charge on any atom is -0.338 e. The number of hydrogen-bond acceptors (Lipinski definition) is 4. The molecular weight excluding hydrogens is 322 g/mol. The lowest BCUT2D eigenvalue weighted by Crippen LogP contribution is -2.45. The summed E-state index contributed by atoms with van der Waals surface area (Å²) in [4.78, 5) is 43.9. The van der Waals surface area contributed by atoms with Crippen molar-refractivity contribution in [1.29, 1.82) is 0 Å². The van der Waals surface area contributed by atoms with Crippen LogP contribution in [0, 0.1) is 5.92 Å². The van der Waals surface area contributed by atoms with Crippen molar-refractivity contribution in [2.24, 2.45) is 20.0 Å². The molecule has 25 heavy (non-hydrogen) atoms. The molecule has 2 aromatic heterocycles. The van der Waals surface area contributed by atoms with Gasteiger partial charge in [-0.15, -0.1) is 0 Å². The Balaban J connectivity index is 1.94. The molecule has 1 fully saturated rings. The summed E-state index contributed by atoms with van der Waals surface area (Å²) in [7, 11) is 3.27. The van der Waals surface area contributed by atoms with Gasteiger partial charge in [-0.1, -0.05) is 13.8 Å². The van der Waals surface area contributed by atoms with Gasteiger partial charge >= 0.3 is 5.69 Å². The first kappa shape index (κ1) is 17.4. The molecule has 0 unspecified atom stereocenters. The maximum Gasteiger partial charge on any atom is 0.332 e. The molecule has 0 spiro atoms. The largest absolute Gasteiger partial charge is 0.338 e. The summed E-state index contributed by atoms with van der Waals surface area (Å²) in [5.41, 5.74) is -0.315. The molecule has 1 aliphatic rings. The lowest BCUT2D eigenvalue weighted by molar-refractivity contribution is -0.132. The van der Waals surface area contributed by atoms with Crippen LogP contribution in [-0.2, 0) is 25.4 Å². The summed E-state index contributed by atoms with van der Waals surface area (Å²) in [5, 5.41) is 0. The van der Waals surface area contributed by atoms with Crippen molar-refractivity contribution in [3.63, 3.8) is 0 Å². The first-order valence-corrected chi connectivity index (χ1v) is 8.71. The fourth-order valence-corrected chi connectivity index (χ4v) is 3.06. The van der Waals surface area contributed by atoms with E-state index < -0.39 is 11.2 Å². The van der Waals surface area contributed by atoms with Crippen molar-refractivity contribution in [3.05, 3.63) is 27.2 Å². The quantitative estimate of drug-likeness (QED) is 0.761. The van der Waals surface area contributed by atoms with Gasteiger partial charge < -0.3 is 9.47 Å².